The molecule has 2 nitrogen and oxygen atoms in total. The van der Waals surface area contributed by atoms with E-state index >= 15 is 0 Å². The summed E-state index contributed by atoms with van der Waals surface area (Å²) in [7, 11) is 0. The molecule has 0 spiro atoms. The zero-order chi connectivity index (χ0) is 14.4. The Hall–Kier alpha value is -1.61. The maximum absolute atomic E-state index is 10.9. The summed E-state index contributed by atoms with van der Waals surface area (Å²) in [5.74, 6) is 1.06. The molecule has 0 saturated carbocycles. The molecule has 2 aromatic rings. The molecule has 0 aliphatic carbocycles. The van der Waals surface area contributed by atoms with Crippen LogP contribution in [0.1, 0.15) is 24.5 Å². The Bertz CT molecular complexity index is 576. The van der Waals surface area contributed by atoms with Crippen molar-refractivity contribution in [2.45, 2.75) is 26.4 Å². The number of hydrogen-bond donors (Lipinski definition) is 0. The van der Waals surface area contributed by atoms with Crippen molar-refractivity contribution in [1.29, 1.82) is 0 Å². The van der Waals surface area contributed by atoms with Crippen LogP contribution >= 0.6 is 15.9 Å². The largest absolute Gasteiger partial charge is 0.489 e. The molecular formula is C17H17BrO2. The van der Waals surface area contributed by atoms with Crippen molar-refractivity contribution >= 4 is 21.7 Å². The highest BCUT2D eigenvalue weighted by atomic mass is 79.9. The molecule has 20 heavy (non-hydrogen) atoms. The number of carbonyl (C=O) groups excluding carboxylic acids is 1. The van der Waals surface area contributed by atoms with E-state index in [4.69, 9.17) is 4.74 Å². The summed E-state index contributed by atoms with van der Waals surface area (Å²) in [5, 5.41) is 0. The molecule has 0 saturated heterocycles. The smallest absolute Gasteiger partial charge is 0.130 e. The Morgan fingerprint density at radius 3 is 2.45 bits per heavy atom. The number of ketones is 1. The second kappa shape index (κ2) is 7.25. The first-order valence-electron chi connectivity index (χ1n) is 6.60. The van der Waals surface area contributed by atoms with Gasteiger partial charge < -0.3 is 9.53 Å². The molecule has 0 radical (unpaired) electrons. The summed E-state index contributed by atoms with van der Waals surface area (Å²) < 4.78 is 6.81. The normalized spacial score (nSPS) is 10.3. The van der Waals surface area contributed by atoms with Gasteiger partial charge in [0.2, 0.25) is 0 Å². The molecule has 0 aromatic heterocycles. The fourth-order valence-corrected chi connectivity index (χ4v) is 2.25. The first kappa shape index (κ1) is 14.8. The molecule has 0 amide bonds. The van der Waals surface area contributed by atoms with Crippen molar-refractivity contribution < 1.29 is 9.53 Å². The minimum absolute atomic E-state index is 0.222. The maximum atomic E-state index is 10.9. The summed E-state index contributed by atoms with van der Waals surface area (Å²) in [6.07, 6.45) is 1.39. The van der Waals surface area contributed by atoms with Crippen molar-refractivity contribution in [2.24, 2.45) is 0 Å². The van der Waals surface area contributed by atoms with E-state index in [2.05, 4.69) is 15.9 Å². The third-order valence-corrected chi connectivity index (χ3v) is 3.81. The molecule has 3 heteroatoms. The second-order valence-corrected chi connectivity index (χ2v) is 5.58. The number of Topliss-reactive ketones (excluding diaryl/α,β-unsaturated/α-hetero) is 1. The van der Waals surface area contributed by atoms with Crippen molar-refractivity contribution in [3.63, 3.8) is 0 Å². The van der Waals surface area contributed by atoms with E-state index in [0.29, 0.717) is 13.0 Å². The topological polar surface area (TPSA) is 26.3 Å². The van der Waals surface area contributed by atoms with Crippen LogP contribution in [0.3, 0.4) is 0 Å². The molecule has 0 aliphatic heterocycles. The second-order valence-electron chi connectivity index (χ2n) is 4.73. The van der Waals surface area contributed by atoms with Gasteiger partial charge in [-0.2, -0.15) is 0 Å². The molecule has 0 atom stereocenters. The van der Waals surface area contributed by atoms with E-state index in [1.807, 2.05) is 48.5 Å². The lowest BCUT2D eigenvalue weighted by Gasteiger charge is -2.08. The van der Waals surface area contributed by atoms with Gasteiger partial charge >= 0.3 is 0 Å². The number of ether oxygens (including phenoxy) is 1. The number of rotatable bonds is 6. The van der Waals surface area contributed by atoms with Crippen LogP contribution in [0, 0.1) is 0 Å². The zero-order valence-electron chi connectivity index (χ0n) is 11.4. The number of hydrogen-bond acceptors (Lipinski definition) is 2. The fourth-order valence-electron chi connectivity index (χ4n) is 1.85. The van der Waals surface area contributed by atoms with E-state index in [0.717, 1.165) is 27.8 Å². The van der Waals surface area contributed by atoms with Gasteiger partial charge in [-0.3, -0.25) is 0 Å². The minimum Gasteiger partial charge on any atom is -0.489 e. The van der Waals surface area contributed by atoms with Crippen LogP contribution in [0.15, 0.2) is 53.0 Å². The van der Waals surface area contributed by atoms with Crippen LogP contribution in [0.5, 0.6) is 5.75 Å². The average Bonchev–Trinajstić information content (AvgIpc) is 2.45. The first-order valence-corrected chi connectivity index (χ1v) is 7.39. The SMILES string of the molecule is CC(=O)CCc1ccc(OCc2ccccc2Br)cc1. The van der Waals surface area contributed by atoms with Gasteiger partial charge in [-0.05, 0) is 37.1 Å². The van der Waals surface area contributed by atoms with Crippen LogP contribution in [0.4, 0.5) is 0 Å². The highest BCUT2D eigenvalue weighted by molar-refractivity contribution is 9.10. The van der Waals surface area contributed by atoms with Crippen LogP contribution in [0.25, 0.3) is 0 Å². The van der Waals surface area contributed by atoms with Gasteiger partial charge in [0.15, 0.2) is 0 Å². The van der Waals surface area contributed by atoms with E-state index in [9.17, 15) is 4.79 Å². The number of carbonyl (C=O) groups is 1. The highest BCUT2D eigenvalue weighted by Gasteiger charge is 2.01. The van der Waals surface area contributed by atoms with Gasteiger partial charge in [-0.1, -0.05) is 46.3 Å². The Kier molecular flexibility index (Phi) is 5.36. The fraction of sp³-hybridized carbons (Fsp3) is 0.235. The molecule has 104 valence electrons. The lowest BCUT2D eigenvalue weighted by Crippen LogP contribution is -1.97. The molecule has 0 heterocycles. The van der Waals surface area contributed by atoms with Crippen LogP contribution in [0.2, 0.25) is 0 Å². The third-order valence-electron chi connectivity index (χ3n) is 3.04. The Morgan fingerprint density at radius 1 is 1.10 bits per heavy atom. The van der Waals surface area contributed by atoms with Crippen LogP contribution in [-0.2, 0) is 17.8 Å². The molecule has 0 aliphatic rings. The monoisotopic (exact) mass is 332 g/mol. The highest BCUT2D eigenvalue weighted by Crippen LogP contribution is 2.19. The first-order chi connectivity index (χ1) is 9.65. The summed E-state index contributed by atoms with van der Waals surface area (Å²) >= 11 is 3.50. The summed E-state index contributed by atoms with van der Waals surface area (Å²) in [6.45, 7) is 2.16. The van der Waals surface area contributed by atoms with Crippen LogP contribution in [-0.4, -0.2) is 5.78 Å². The van der Waals surface area contributed by atoms with Crippen LogP contribution < -0.4 is 4.74 Å². The van der Waals surface area contributed by atoms with Gasteiger partial charge in [0, 0.05) is 16.5 Å². The molecule has 0 fully saturated rings. The molecule has 0 N–H and O–H groups in total. The Labute approximate surface area is 127 Å². The number of aryl methyl sites for hydroxylation is 1. The number of benzene rings is 2. The van der Waals surface area contributed by atoms with Crippen molar-refractivity contribution in [2.75, 3.05) is 0 Å². The molecule has 0 bridgehead atoms. The summed E-state index contributed by atoms with van der Waals surface area (Å²) in [5.41, 5.74) is 2.28. The minimum atomic E-state index is 0.222. The lowest BCUT2D eigenvalue weighted by molar-refractivity contribution is -0.116. The van der Waals surface area contributed by atoms with Gasteiger partial charge in [-0.25, -0.2) is 0 Å². The maximum Gasteiger partial charge on any atom is 0.130 e. The molecule has 0 unspecified atom stereocenters. The predicted molar refractivity (Wildman–Crippen MR) is 83.9 cm³/mol. The molecule has 2 aromatic carbocycles. The molecular weight excluding hydrogens is 316 g/mol. The third kappa shape index (κ3) is 4.49. The zero-order valence-corrected chi connectivity index (χ0v) is 13.0. The standard InChI is InChI=1S/C17H17BrO2/c1-13(19)6-7-14-8-10-16(11-9-14)20-12-15-4-2-3-5-17(15)18/h2-5,8-11H,6-7,12H2,1H3. The lowest BCUT2D eigenvalue weighted by atomic mass is 10.1. The average molecular weight is 333 g/mol. The predicted octanol–water partition coefficient (Wildman–Crippen LogP) is 4.55. The van der Waals surface area contributed by atoms with Gasteiger partial charge in [0.1, 0.15) is 18.1 Å². The van der Waals surface area contributed by atoms with E-state index in [-0.39, 0.29) is 5.78 Å². The van der Waals surface area contributed by atoms with Crippen molar-refractivity contribution in [3.8, 4) is 5.75 Å². The Balaban J connectivity index is 1.91. The summed E-state index contributed by atoms with van der Waals surface area (Å²) in [6, 6.07) is 15.9. The Morgan fingerprint density at radius 2 is 1.80 bits per heavy atom. The van der Waals surface area contributed by atoms with E-state index in [1.54, 1.807) is 6.92 Å². The van der Waals surface area contributed by atoms with Gasteiger partial charge in [-0.15, -0.1) is 0 Å². The van der Waals surface area contributed by atoms with Crippen molar-refractivity contribution in [1.82, 2.24) is 0 Å². The van der Waals surface area contributed by atoms with E-state index < -0.39 is 0 Å². The number of halogens is 1. The van der Waals surface area contributed by atoms with Gasteiger partial charge in [0.05, 0.1) is 0 Å². The van der Waals surface area contributed by atoms with E-state index in [1.165, 1.54) is 0 Å². The van der Waals surface area contributed by atoms with Crippen molar-refractivity contribution in [3.05, 3.63) is 64.1 Å². The molecule has 2 rings (SSSR count). The quantitative estimate of drug-likeness (QED) is 0.775. The van der Waals surface area contributed by atoms with Gasteiger partial charge in [0.25, 0.3) is 0 Å². The summed E-state index contributed by atoms with van der Waals surface area (Å²) in [4.78, 5) is 10.9.